The van der Waals surface area contributed by atoms with E-state index >= 15 is 0 Å². The van der Waals surface area contributed by atoms with Gasteiger partial charge >= 0.3 is 0 Å². The maximum atomic E-state index is 13.2. The van der Waals surface area contributed by atoms with Crippen LogP contribution in [0.4, 0.5) is 13.2 Å². The largest absolute Gasteiger partial charge is 0.310 e. The second-order valence-corrected chi connectivity index (χ2v) is 5.54. The highest BCUT2D eigenvalue weighted by molar-refractivity contribution is 5.19. The number of halogens is 3. The molecule has 2 nitrogen and oxygen atoms in total. The van der Waals surface area contributed by atoms with E-state index in [1.54, 1.807) is 0 Å². The molecule has 2 bridgehead atoms. The molecule has 0 aliphatic carbocycles. The number of hydrogen-bond acceptors (Lipinski definition) is 2. The van der Waals surface area contributed by atoms with Crippen molar-refractivity contribution in [1.29, 1.82) is 0 Å². The fourth-order valence-electron chi connectivity index (χ4n) is 3.12. The summed E-state index contributed by atoms with van der Waals surface area (Å²) < 4.78 is 39.3. The Bertz CT molecular complexity index is 455. The monoisotopic (exact) mass is 270 g/mol. The summed E-state index contributed by atoms with van der Waals surface area (Å²) in [5.74, 6) is -3.60. The van der Waals surface area contributed by atoms with E-state index in [0.717, 1.165) is 38.1 Å². The Morgan fingerprint density at radius 3 is 2.47 bits per heavy atom. The zero-order valence-corrected chi connectivity index (χ0v) is 10.6. The lowest BCUT2D eigenvalue weighted by Gasteiger charge is -2.24. The van der Waals surface area contributed by atoms with Gasteiger partial charge in [-0.05, 0) is 37.0 Å². The van der Waals surface area contributed by atoms with Gasteiger partial charge in [0, 0.05) is 31.7 Å². The minimum atomic E-state index is -1.39. The smallest absolute Gasteiger partial charge is 0.194 e. The molecule has 19 heavy (non-hydrogen) atoms. The van der Waals surface area contributed by atoms with Gasteiger partial charge in [0.1, 0.15) is 0 Å². The molecule has 0 saturated carbocycles. The topological polar surface area (TPSA) is 15.3 Å². The summed E-state index contributed by atoms with van der Waals surface area (Å²) in [5, 5.41) is 3.55. The Morgan fingerprint density at radius 1 is 1.05 bits per heavy atom. The van der Waals surface area contributed by atoms with Crippen molar-refractivity contribution in [1.82, 2.24) is 10.2 Å². The van der Waals surface area contributed by atoms with Crippen molar-refractivity contribution >= 4 is 0 Å². The summed E-state index contributed by atoms with van der Waals surface area (Å²) in [6.45, 7) is 2.27. The fraction of sp³-hybridized carbons (Fsp3) is 0.571. The summed E-state index contributed by atoms with van der Waals surface area (Å²) in [7, 11) is 0. The van der Waals surface area contributed by atoms with Crippen molar-refractivity contribution < 1.29 is 13.2 Å². The molecular weight excluding hydrogens is 253 g/mol. The molecule has 2 unspecified atom stereocenters. The summed E-state index contributed by atoms with van der Waals surface area (Å²) in [5.41, 5.74) is 0.495. The SMILES string of the molecule is Fc1cc(CN2CCC3CCC(C2)N3)cc(F)c1F. The second kappa shape index (κ2) is 5.13. The first-order chi connectivity index (χ1) is 9.11. The Hall–Kier alpha value is -1.07. The van der Waals surface area contributed by atoms with Gasteiger partial charge in [0.05, 0.1) is 0 Å². The third-order valence-corrected chi connectivity index (χ3v) is 4.06. The standard InChI is InChI=1S/C14H17F3N2/c15-12-5-9(6-13(16)14(12)17)7-19-4-3-10-1-2-11(8-19)18-10/h5-6,10-11,18H,1-4,7-8H2. The van der Waals surface area contributed by atoms with Gasteiger partial charge in [-0.3, -0.25) is 4.90 Å². The van der Waals surface area contributed by atoms with Gasteiger partial charge < -0.3 is 5.32 Å². The van der Waals surface area contributed by atoms with E-state index in [1.807, 2.05) is 0 Å². The van der Waals surface area contributed by atoms with Crippen molar-refractivity contribution in [2.45, 2.75) is 37.9 Å². The molecule has 104 valence electrons. The van der Waals surface area contributed by atoms with E-state index in [-0.39, 0.29) is 0 Å². The van der Waals surface area contributed by atoms with Crippen molar-refractivity contribution in [2.24, 2.45) is 0 Å². The van der Waals surface area contributed by atoms with Gasteiger partial charge in [0.25, 0.3) is 0 Å². The predicted molar refractivity (Wildman–Crippen MR) is 66.2 cm³/mol. The molecule has 2 aliphatic rings. The predicted octanol–water partition coefficient (Wildman–Crippen LogP) is 2.43. The van der Waals surface area contributed by atoms with Crippen LogP contribution >= 0.6 is 0 Å². The van der Waals surface area contributed by atoms with Crippen LogP contribution in [0, 0.1) is 17.5 Å². The summed E-state index contributed by atoms with van der Waals surface area (Å²) in [4.78, 5) is 2.18. The molecule has 2 saturated heterocycles. The number of benzene rings is 1. The molecule has 1 N–H and O–H groups in total. The van der Waals surface area contributed by atoms with Gasteiger partial charge in [-0.15, -0.1) is 0 Å². The van der Waals surface area contributed by atoms with Crippen LogP contribution < -0.4 is 5.32 Å². The van der Waals surface area contributed by atoms with Crippen molar-refractivity contribution in [2.75, 3.05) is 13.1 Å². The lowest BCUT2D eigenvalue weighted by atomic mass is 10.1. The number of hydrogen-bond donors (Lipinski definition) is 1. The van der Waals surface area contributed by atoms with E-state index < -0.39 is 17.5 Å². The third-order valence-electron chi connectivity index (χ3n) is 4.06. The van der Waals surface area contributed by atoms with Gasteiger partial charge in [-0.1, -0.05) is 0 Å². The zero-order valence-electron chi connectivity index (χ0n) is 10.6. The van der Waals surface area contributed by atoms with E-state index in [0.29, 0.717) is 24.2 Å². The van der Waals surface area contributed by atoms with E-state index in [2.05, 4.69) is 10.2 Å². The molecule has 2 aliphatic heterocycles. The molecule has 0 spiro atoms. The first kappa shape index (κ1) is 12.9. The lowest BCUT2D eigenvalue weighted by molar-refractivity contribution is 0.250. The normalized spacial score (nSPS) is 27.5. The number of nitrogens with zero attached hydrogens (tertiary/aromatic N) is 1. The van der Waals surface area contributed by atoms with Crippen LogP contribution in [0.2, 0.25) is 0 Å². The van der Waals surface area contributed by atoms with E-state index in [1.165, 1.54) is 6.42 Å². The van der Waals surface area contributed by atoms with Crippen LogP contribution in [0.1, 0.15) is 24.8 Å². The van der Waals surface area contributed by atoms with Gasteiger partial charge in [-0.2, -0.15) is 0 Å². The minimum absolute atomic E-state index is 0.471. The summed E-state index contributed by atoms with van der Waals surface area (Å²) in [6, 6.07) is 3.24. The lowest BCUT2D eigenvalue weighted by Crippen LogP contribution is -2.35. The molecule has 0 amide bonds. The maximum absolute atomic E-state index is 13.2. The Balaban J connectivity index is 1.71. The van der Waals surface area contributed by atoms with Crippen LogP contribution in [-0.4, -0.2) is 30.1 Å². The first-order valence-corrected chi connectivity index (χ1v) is 6.73. The van der Waals surface area contributed by atoms with Gasteiger partial charge in [0.2, 0.25) is 0 Å². The van der Waals surface area contributed by atoms with Gasteiger partial charge in [0.15, 0.2) is 17.5 Å². The third kappa shape index (κ3) is 2.77. The Labute approximate surface area is 110 Å². The fourth-order valence-corrected chi connectivity index (χ4v) is 3.12. The molecule has 2 heterocycles. The van der Waals surface area contributed by atoms with Crippen molar-refractivity contribution in [3.63, 3.8) is 0 Å². The average molecular weight is 270 g/mol. The summed E-state index contributed by atoms with van der Waals surface area (Å²) >= 11 is 0. The molecule has 0 radical (unpaired) electrons. The van der Waals surface area contributed by atoms with Crippen LogP contribution in [0.3, 0.4) is 0 Å². The van der Waals surface area contributed by atoms with Crippen LogP contribution in [0.15, 0.2) is 12.1 Å². The molecule has 0 aromatic heterocycles. The molecule has 1 aromatic rings. The molecule has 3 rings (SSSR count). The zero-order chi connectivity index (χ0) is 13.4. The highest BCUT2D eigenvalue weighted by Crippen LogP contribution is 2.22. The van der Waals surface area contributed by atoms with Crippen molar-refractivity contribution in [3.8, 4) is 0 Å². The Morgan fingerprint density at radius 2 is 1.74 bits per heavy atom. The molecule has 1 aromatic carbocycles. The molecule has 2 fully saturated rings. The molecular formula is C14H17F3N2. The quantitative estimate of drug-likeness (QED) is 0.830. The highest BCUT2D eigenvalue weighted by Gasteiger charge is 2.29. The molecule has 5 heteroatoms. The van der Waals surface area contributed by atoms with Crippen LogP contribution in [-0.2, 0) is 6.54 Å². The average Bonchev–Trinajstić information content (AvgIpc) is 2.70. The number of fused-ring (bicyclic) bond motifs is 2. The molecule has 2 atom stereocenters. The second-order valence-electron chi connectivity index (χ2n) is 5.54. The maximum Gasteiger partial charge on any atom is 0.194 e. The van der Waals surface area contributed by atoms with Crippen LogP contribution in [0.5, 0.6) is 0 Å². The first-order valence-electron chi connectivity index (χ1n) is 6.73. The minimum Gasteiger partial charge on any atom is -0.310 e. The number of nitrogens with one attached hydrogen (secondary N) is 1. The van der Waals surface area contributed by atoms with Gasteiger partial charge in [-0.25, -0.2) is 13.2 Å². The van der Waals surface area contributed by atoms with E-state index in [9.17, 15) is 13.2 Å². The Kier molecular flexibility index (Phi) is 3.50. The summed E-state index contributed by atoms with van der Waals surface area (Å²) in [6.07, 6.45) is 3.44. The number of likely N-dealkylation sites (tertiary alicyclic amines) is 1. The highest BCUT2D eigenvalue weighted by atomic mass is 19.2. The number of rotatable bonds is 2. The van der Waals surface area contributed by atoms with E-state index in [4.69, 9.17) is 0 Å². The van der Waals surface area contributed by atoms with Crippen LogP contribution in [0.25, 0.3) is 0 Å². The van der Waals surface area contributed by atoms with Crippen molar-refractivity contribution in [3.05, 3.63) is 35.1 Å².